The lowest BCUT2D eigenvalue weighted by Crippen LogP contribution is -2.16. The van der Waals surface area contributed by atoms with Crippen molar-refractivity contribution >= 4 is 32.5 Å². The zero-order valence-electron chi connectivity index (χ0n) is 14.3. The van der Waals surface area contributed by atoms with Gasteiger partial charge in [-0.1, -0.05) is 6.07 Å². The molecule has 6 nitrogen and oxygen atoms in total. The number of aryl methyl sites for hydroxylation is 3. The van der Waals surface area contributed by atoms with Crippen molar-refractivity contribution in [3.63, 3.8) is 0 Å². The number of hydrogen-bond acceptors (Lipinski definition) is 3. The molecule has 3 N–H and O–H groups in total. The van der Waals surface area contributed by atoms with Crippen LogP contribution in [0.15, 0.2) is 47.4 Å². The molecule has 4 rings (SSSR count). The van der Waals surface area contributed by atoms with E-state index in [4.69, 9.17) is 5.14 Å². The van der Waals surface area contributed by atoms with E-state index in [1.54, 1.807) is 0 Å². The van der Waals surface area contributed by atoms with Gasteiger partial charge in [0.25, 0.3) is 5.91 Å². The molecule has 7 heteroatoms. The summed E-state index contributed by atoms with van der Waals surface area (Å²) in [5.74, 6) is -0.237. The fraction of sp³-hybridized carbons (Fsp3) is 0.211. The minimum atomic E-state index is -3.75. The molecule has 0 saturated carbocycles. The maximum atomic E-state index is 12.7. The molecule has 3 aromatic rings. The highest BCUT2D eigenvalue weighted by atomic mass is 32.2. The first-order valence-corrected chi connectivity index (χ1v) is 9.93. The summed E-state index contributed by atoms with van der Waals surface area (Å²) < 4.78 is 24.5. The summed E-state index contributed by atoms with van der Waals surface area (Å²) in [5.41, 5.74) is 4.83. The highest BCUT2D eigenvalue weighted by molar-refractivity contribution is 7.89. The average Bonchev–Trinajstić information content (AvgIpc) is 3.19. The minimum Gasteiger partial charge on any atom is -0.340 e. The maximum Gasteiger partial charge on any atom is 0.272 e. The van der Waals surface area contributed by atoms with Crippen molar-refractivity contribution < 1.29 is 13.2 Å². The van der Waals surface area contributed by atoms with Gasteiger partial charge in [-0.3, -0.25) is 4.79 Å². The van der Waals surface area contributed by atoms with Gasteiger partial charge >= 0.3 is 0 Å². The summed E-state index contributed by atoms with van der Waals surface area (Å²) in [6.45, 7) is 0. The van der Waals surface area contributed by atoms with Gasteiger partial charge in [0.2, 0.25) is 10.0 Å². The zero-order chi connectivity index (χ0) is 18.5. The van der Waals surface area contributed by atoms with Crippen LogP contribution in [0.5, 0.6) is 0 Å². The number of carbonyl (C=O) groups excluding carboxylic acids is 1. The summed E-state index contributed by atoms with van der Waals surface area (Å²) in [7, 11) is -1.87. The second-order valence-electron chi connectivity index (χ2n) is 6.60. The smallest absolute Gasteiger partial charge is 0.272 e. The number of anilines is 1. The van der Waals surface area contributed by atoms with Crippen LogP contribution in [0, 0.1) is 0 Å². The molecule has 0 bridgehead atoms. The summed E-state index contributed by atoms with van der Waals surface area (Å²) >= 11 is 0. The number of aromatic nitrogens is 1. The Kier molecular flexibility index (Phi) is 3.86. The van der Waals surface area contributed by atoms with Gasteiger partial charge < -0.3 is 9.88 Å². The molecule has 0 aliphatic heterocycles. The molecular formula is C19H19N3O3S. The van der Waals surface area contributed by atoms with Crippen molar-refractivity contribution in [1.29, 1.82) is 0 Å². The molecule has 0 fully saturated rings. The van der Waals surface area contributed by atoms with Crippen molar-refractivity contribution in [3.05, 3.63) is 59.3 Å². The third-order valence-electron chi connectivity index (χ3n) is 4.98. The van der Waals surface area contributed by atoms with E-state index in [0.717, 1.165) is 30.2 Å². The predicted octanol–water partition coefficient (Wildman–Crippen LogP) is 2.57. The molecule has 1 aliphatic carbocycles. The van der Waals surface area contributed by atoms with E-state index >= 15 is 0 Å². The number of amides is 1. The number of carbonyl (C=O) groups is 1. The van der Waals surface area contributed by atoms with Gasteiger partial charge in [-0.2, -0.15) is 0 Å². The summed E-state index contributed by atoms with van der Waals surface area (Å²) in [5, 5.41) is 9.04. The molecule has 0 radical (unpaired) electrons. The summed E-state index contributed by atoms with van der Waals surface area (Å²) in [6.07, 6.45) is 3.30. The lowest BCUT2D eigenvalue weighted by Gasteiger charge is -2.07. The van der Waals surface area contributed by atoms with E-state index in [1.807, 2.05) is 17.7 Å². The normalized spacial score (nSPS) is 13.8. The lowest BCUT2D eigenvalue weighted by molar-refractivity contribution is 0.101. The highest BCUT2D eigenvalue weighted by Crippen LogP contribution is 2.31. The van der Waals surface area contributed by atoms with Gasteiger partial charge in [0.15, 0.2) is 0 Å². The average molecular weight is 369 g/mol. The number of benzene rings is 2. The SMILES string of the molecule is Cn1c(C(=O)Nc2ccc(S(N)(=O)=O)cc2)cc2c3c(ccc21)CCC3. The number of sulfonamides is 1. The highest BCUT2D eigenvalue weighted by Gasteiger charge is 2.20. The molecule has 0 unspecified atom stereocenters. The Labute approximate surface area is 151 Å². The summed E-state index contributed by atoms with van der Waals surface area (Å²) in [6, 6.07) is 12.0. The third kappa shape index (κ3) is 2.79. The quantitative estimate of drug-likeness (QED) is 0.743. The number of rotatable bonds is 3. The van der Waals surface area contributed by atoms with E-state index < -0.39 is 10.0 Å². The Balaban J connectivity index is 1.65. The minimum absolute atomic E-state index is 0.00988. The van der Waals surface area contributed by atoms with Gasteiger partial charge in [0.1, 0.15) is 5.69 Å². The van der Waals surface area contributed by atoms with Crippen LogP contribution in [0.2, 0.25) is 0 Å². The molecule has 2 aromatic carbocycles. The second-order valence-corrected chi connectivity index (χ2v) is 8.16. The van der Waals surface area contributed by atoms with Gasteiger partial charge in [-0.05, 0) is 66.8 Å². The van der Waals surface area contributed by atoms with Gasteiger partial charge in [-0.25, -0.2) is 13.6 Å². The Bertz CT molecular complexity index is 1130. The molecular weight excluding hydrogens is 350 g/mol. The first kappa shape index (κ1) is 16.8. The van der Waals surface area contributed by atoms with Crippen LogP contribution in [0.3, 0.4) is 0 Å². The Morgan fingerprint density at radius 1 is 1.12 bits per heavy atom. The number of nitrogens with zero attached hydrogens (tertiary/aromatic N) is 1. The Morgan fingerprint density at radius 2 is 1.85 bits per heavy atom. The topological polar surface area (TPSA) is 94.2 Å². The standard InChI is InChI=1S/C19H19N3O3S/c1-22-17-10-5-12-3-2-4-15(12)16(17)11-18(22)19(23)21-13-6-8-14(9-7-13)26(20,24)25/h5-11H,2-4H2,1H3,(H,21,23)(H2,20,24,25). The van der Waals surface area contributed by atoms with Crippen LogP contribution in [0.25, 0.3) is 10.9 Å². The summed E-state index contributed by atoms with van der Waals surface area (Å²) in [4.78, 5) is 12.7. The maximum absolute atomic E-state index is 12.7. The van der Waals surface area contributed by atoms with E-state index in [9.17, 15) is 13.2 Å². The van der Waals surface area contributed by atoms with Gasteiger partial charge in [0.05, 0.1) is 4.90 Å². The molecule has 26 heavy (non-hydrogen) atoms. The van der Waals surface area contributed by atoms with Gasteiger partial charge in [0, 0.05) is 23.6 Å². The molecule has 134 valence electrons. The van der Waals surface area contributed by atoms with Crippen molar-refractivity contribution in [3.8, 4) is 0 Å². The predicted molar refractivity (Wildman–Crippen MR) is 101 cm³/mol. The number of nitrogens with one attached hydrogen (secondary N) is 1. The van der Waals surface area contributed by atoms with E-state index in [-0.39, 0.29) is 10.8 Å². The number of nitrogens with two attached hydrogens (primary N) is 1. The van der Waals surface area contributed by atoms with Crippen LogP contribution < -0.4 is 10.5 Å². The van der Waals surface area contributed by atoms with Crippen molar-refractivity contribution in [2.24, 2.45) is 12.2 Å². The van der Waals surface area contributed by atoms with E-state index in [1.165, 1.54) is 35.4 Å². The van der Waals surface area contributed by atoms with Crippen LogP contribution in [0.1, 0.15) is 28.0 Å². The van der Waals surface area contributed by atoms with Gasteiger partial charge in [-0.15, -0.1) is 0 Å². The molecule has 1 amide bonds. The lowest BCUT2D eigenvalue weighted by atomic mass is 10.1. The monoisotopic (exact) mass is 369 g/mol. The van der Waals surface area contributed by atoms with E-state index in [2.05, 4.69) is 17.4 Å². The fourth-order valence-electron chi connectivity index (χ4n) is 3.64. The van der Waals surface area contributed by atoms with Crippen molar-refractivity contribution in [2.75, 3.05) is 5.32 Å². The first-order valence-electron chi connectivity index (χ1n) is 8.39. The number of fused-ring (bicyclic) bond motifs is 3. The second kappa shape index (κ2) is 5.96. The fourth-order valence-corrected chi connectivity index (χ4v) is 4.16. The van der Waals surface area contributed by atoms with Crippen LogP contribution in [0.4, 0.5) is 5.69 Å². The molecule has 0 saturated heterocycles. The molecule has 1 heterocycles. The molecule has 1 aliphatic rings. The van der Waals surface area contributed by atoms with Crippen LogP contribution >= 0.6 is 0 Å². The van der Waals surface area contributed by atoms with Crippen molar-refractivity contribution in [1.82, 2.24) is 4.57 Å². The molecule has 0 atom stereocenters. The Hall–Kier alpha value is -2.64. The number of primary sulfonamides is 1. The Morgan fingerprint density at radius 3 is 2.54 bits per heavy atom. The largest absolute Gasteiger partial charge is 0.340 e. The first-order chi connectivity index (χ1) is 12.3. The molecule has 0 spiro atoms. The van der Waals surface area contributed by atoms with Crippen LogP contribution in [-0.2, 0) is 29.9 Å². The zero-order valence-corrected chi connectivity index (χ0v) is 15.1. The third-order valence-corrected chi connectivity index (χ3v) is 5.91. The van der Waals surface area contributed by atoms with Crippen LogP contribution in [-0.4, -0.2) is 18.9 Å². The molecule has 1 aromatic heterocycles. The van der Waals surface area contributed by atoms with E-state index in [0.29, 0.717) is 11.4 Å². The van der Waals surface area contributed by atoms with Crippen molar-refractivity contribution in [2.45, 2.75) is 24.2 Å². The number of hydrogen-bond donors (Lipinski definition) is 2.